The molecule has 4 bridgehead atoms. The van der Waals surface area contributed by atoms with Gasteiger partial charge in [0.2, 0.25) is 0 Å². The van der Waals surface area contributed by atoms with Crippen molar-refractivity contribution in [2.45, 2.75) is 58.8 Å². The normalized spacial score (nSPS) is 43.9. The highest BCUT2D eigenvalue weighted by atomic mass is 14.9. The molecule has 2 unspecified atom stereocenters. The highest BCUT2D eigenvalue weighted by Crippen LogP contribution is 2.64. The number of nitrogens with one attached hydrogen (secondary N) is 2. The quantitative estimate of drug-likeness (QED) is 0.690. The van der Waals surface area contributed by atoms with E-state index in [1.165, 1.54) is 58.2 Å². The smallest absolute Gasteiger partial charge is 0.000822 e. The Morgan fingerprint density at radius 2 is 1.68 bits per heavy atom. The van der Waals surface area contributed by atoms with Crippen molar-refractivity contribution in [3.8, 4) is 0 Å². The summed E-state index contributed by atoms with van der Waals surface area (Å²) in [5, 5.41) is 7.19. The third-order valence-electron chi connectivity index (χ3n) is 5.93. The fraction of sp³-hybridized carbons (Fsp3) is 1.00. The second-order valence-electron chi connectivity index (χ2n) is 8.16. The summed E-state index contributed by atoms with van der Waals surface area (Å²) in [6, 6.07) is 0. The lowest BCUT2D eigenvalue weighted by Crippen LogP contribution is -2.54. The summed E-state index contributed by atoms with van der Waals surface area (Å²) in [6.45, 7) is 9.52. The molecule has 0 amide bonds. The largest absolute Gasteiger partial charge is 0.317 e. The van der Waals surface area contributed by atoms with Crippen molar-refractivity contribution >= 4 is 0 Å². The number of hydrogen-bond acceptors (Lipinski definition) is 2. The molecule has 4 saturated carbocycles. The van der Waals surface area contributed by atoms with Crippen LogP contribution in [0.2, 0.25) is 0 Å². The molecule has 2 nitrogen and oxygen atoms in total. The van der Waals surface area contributed by atoms with Crippen molar-refractivity contribution in [3.05, 3.63) is 0 Å². The Morgan fingerprint density at radius 1 is 1.00 bits per heavy atom. The van der Waals surface area contributed by atoms with E-state index >= 15 is 0 Å². The minimum Gasteiger partial charge on any atom is -0.317 e. The molecule has 4 rings (SSSR count). The zero-order valence-corrected chi connectivity index (χ0v) is 12.9. The SMILES string of the molecule is CCNCCCNCC12CC3CC(CC(C)(C3)C1)C2. The van der Waals surface area contributed by atoms with Crippen molar-refractivity contribution in [2.75, 3.05) is 26.2 Å². The molecule has 0 heterocycles. The maximum Gasteiger partial charge on any atom is 0.000822 e. The van der Waals surface area contributed by atoms with Gasteiger partial charge in [0.15, 0.2) is 0 Å². The van der Waals surface area contributed by atoms with Gasteiger partial charge < -0.3 is 10.6 Å². The van der Waals surface area contributed by atoms with Gasteiger partial charge >= 0.3 is 0 Å². The van der Waals surface area contributed by atoms with E-state index in [0.29, 0.717) is 10.8 Å². The summed E-state index contributed by atoms with van der Waals surface area (Å²) in [4.78, 5) is 0. The molecule has 0 radical (unpaired) electrons. The molecule has 4 aliphatic rings. The van der Waals surface area contributed by atoms with E-state index < -0.39 is 0 Å². The molecule has 19 heavy (non-hydrogen) atoms. The van der Waals surface area contributed by atoms with Crippen LogP contribution in [-0.4, -0.2) is 26.2 Å². The first-order chi connectivity index (χ1) is 9.13. The number of hydrogen-bond donors (Lipinski definition) is 2. The Morgan fingerprint density at radius 3 is 2.32 bits per heavy atom. The predicted octanol–water partition coefficient (Wildman–Crippen LogP) is 3.18. The zero-order chi connectivity index (χ0) is 13.3. The molecule has 2 atom stereocenters. The van der Waals surface area contributed by atoms with Gasteiger partial charge in [-0.2, -0.15) is 0 Å². The van der Waals surface area contributed by atoms with Crippen LogP contribution < -0.4 is 10.6 Å². The molecule has 0 aromatic heterocycles. The van der Waals surface area contributed by atoms with E-state index in [1.807, 2.05) is 0 Å². The van der Waals surface area contributed by atoms with Crippen LogP contribution in [0.3, 0.4) is 0 Å². The second-order valence-corrected chi connectivity index (χ2v) is 8.16. The van der Waals surface area contributed by atoms with E-state index in [1.54, 1.807) is 6.42 Å². The fourth-order valence-electron chi connectivity index (χ4n) is 6.00. The lowest BCUT2D eigenvalue weighted by atomic mass is 9.44. The van der Waals surface area contributed by atoms with Gasteiger partial charge in [-0.1, -0.05) is 13.8 Å². The molecule has 0 aliphatic heterocycles. The third-order valence-corrected chi connectivity index (χ3v) is 5.93. The Hall–Kier alpha value is -0.0800. The van der Waals surface area contributed by atoms with E-state index in [9.17, 15) is 0 Å². The van der Waals surface area contributed by atoms with Gasteiger partial charge in [0.1, 0.15) is 0 Å². The van der Waals surface area contributed by atoms with Crippen molar-refractivity contribution in [1.29, 1.82) is 0 Å². The highest BCUT2D eigenvalue weighted by molar-refractivity contribution is 5.06. The van der Waals surface area contributed by atoms with E-state index in [2.05, 4.69) is 24.5 Å². The molecule has 4 fully saturated rings. The summed E-state index contributed by atoms with van der Waals surface area (Å²) < 4.78 is 0. The Kier molecular flexibility index (Phi) is 3.92. The van der Waals surface area contributed by atoms with Gasteiger partial charge in [0.05, 0.1) is 0 Å². The fourth-order valence-corrected chi connectivity index (χ4v) is 6.00. The molecule has 110 valence electrons. The van der Waals surface area contributed by atoms with Crippen LogP contribution in [0.1, 0.15) is 58.8 Å². The van der Waals surface area contributed by atoms with Crippen LogP contribution in [0.4, 0.5) is 0 Å². The van der Waals surface area contributed by atoms with Crippen LogP contribution in [0, 0.1) is 22.7 Å². The highest BCUT2D eigenvalue weighted by Gasteiger charge is 2.55. The van der Waals surface area contributed by atoms with Gasteiger partial charge in [0, 0.05) is 6.54 Å². The van der Waals surface area contributed by atoms with Crippen molar-refractivity contribution in [1.82, 2.24) is 10.6 Å². The van der Waals surface area contributed by atoms with Crippen LogP contribution in [0.25, 0.3) is 0 Å². The maximum atomic E-state index is 3.78. The van der Waals surface area contributed by atoms with Crippen LogP contribution in [-0.2, 0) is 0 Å². The van der Waals surface area contributed by atoms with Crippen molar-refractivity contribution in [2.24, 2.45) is 22.7 Å². The monoisotopic (exact) mass is 264 g/mol. The lowest BCUT2D eigenvalue weighted by Gasteiger charge is -2.61. The van der Waals surface area contributed by atoms with Gasteiger partial charge in [-0.25, -0.2) is 0 Å². The number of rotatable bonds is 7. The summed E-state index contributed by atoms with van der Waals surface area (Å²) in [7, 11) is 0. The average molecular weight is 264 g/mol. The zero-order valence-electron chi connectivity index (χ0n) is 12.9. The standard InChI is InChI=1S/C17H32N2/c1-3-18-5-4-6-19-13-17-10-14-7-15(11-17)9-16(2,8-14)12-17/h14-15,18-19H,3-13H2,1-2H3. The summed E-state index contributed by atoms with van der Waals surface area (Å²) in [5.41, 5.74) is 1.38. The van der Waals surface area contributed by atoms with Crippen LogP contribution in [0.5, 0.6) is 0 Å². The molecule has 0 aromatic rings. The molecule has 2 heteroatoms. The molecule has 0 aromatic carbocycles. The molecule has 4 aliphatic carbocycles. The van der Waals surface area contributed by atoms with Gasteiger partial charge in [-0.3, -0.25) is 0 Å². The molecule has 0 spiro atoms. The Balaban J connectivity index is 1.48. The first-order valence-corrected chi connectivity index (χ1v) is 8.55. The molecule has 2 N–H and O–H groups in total. The van der Waals surface area contributed by atoms with E-state index in [4.69, 9.17) is 0 Å². The molecular formula is C17H32N2. The van der Waals surface area contributed by atoms with Crippen LogP contribution in [0.15, 0.2) is 0 Å². The molecular weight excluding hydrogens is 232 g/mol. The Bertz CT molecular complexity index is 298. The maximum absolute atomic E-state index is 3.78. The minimum atomic E-state index is 0.678. The van der Waals surface area contributed by atoms with Gasteiger partial charge in [0.25, 0.3) is 0 Å². The second kappa shape index (κ2) is 5.37. The van der Waals surface area contributed by atoms with Gasteiger partial charge in [-0.15, -0.1) is 0 Å². The van der Waals surface area contributed by atoms with Gasteiger partial charge in [-0.05, 0) is 87.2 Å². The van der Waals surface area contributed by atoms with E-state index in [0.717, 1.165) is 18.4 Å². The topological polar surface area (TPSA) is 24.1 Å². The summed E-state index contributed by atoms with van der Waals surface area (Å²) in [6.07, 6.45) is 10.5. The first-order valence-electron chi connectivity index (χ1n) is 8.55. The predicted molar refractivity (Wildman–Crippen MR) is 81.3 cm³/mol. The summed E-state index contributed by atoms with van der Waals surface area (Å²) >= 11 is 0. The Labute approximate surface area is 119 Å². The lowest BCUT2D eigenvalue weighted by molar-refractivity contribution is -0.0997. The third kappa shape index (κ3) is 3.00. The average Bonchev–Trinajstić information content (AvgIpc) is 2.30. The first kappa shape index (κ1) is 13.9. The van der Waals surface area contributed by atoms with Crippen LogP contribution >= 0.6 is 0 Å². The van der Waals surface area contributed by atoms with E-state index in [-0.39, 0.29) is 0 Å². The van der Waals surface area contributed by atoms with Crippen molar-refractivity contribution in [3.63, 3.8) is 0 Å². The minimum absolute atomic E-state index is 0.678. The molecule has 0 saturated heterocycles. The summed E-state index contributed by atoms with van der Waals surface area (Å²) in [5.74, 6) is 2.13. The van der Waals surface area contributed by atoms with Crippen molar-refractivity contribution < 1.29 is 0 Å².